The molecule has 1 amide bonds. The maximum Gasteiger partial charge on any atom is 0.216 e. The number of hydrogen-bond acceptors (Lipinski definition) is 1. The molecular formula is C13H15NO. The van der Waals surface area contributed by atoms with E-state index in [0.29, 0.717) is 5.92 Å². The van der Waals surface area contributed by atoms with Gasteiger partial charge in [0, 0.05) is 19.4 Å². The van der Waals surface area contributed by atoms with E-state index in [4.69, 9.17) is 0 Å². The third-order valence-electron chi connectivity index (χ3n) is 2.75. The van der Waals surface area contributed by atoms with Gasteiger partial charge in [0.05, 0.1) is 0 Å². The molecule has 0 saturated carbocycles. The number of carbonyl (C=O) groups is 1. The summed E-state index contributed by atoms with van der Waals surface area (Å²) in [5, 5.41) is 2.88. The number of nitrogens with one attached hydrogen (secondary N) is 1. The van der Waals surface area contributed by atoms with Crippen LogP contribution in [-0.2, 0) is 4.79 Å². The van der Waals surface area contributed by atoms with Crippen molar-refractivity contribution >= 4 is 12.0 Å². The molecule has 1 aliphatic rings. The zero-order valence-corrected chi connectivity index (χ0v) is 8.86. The molecular weight excluding hydrogens is 186 g/mol. The lowest BCUT2D eigenvalue weighted by Gasteiger charge is -2.21. The maximum atomic E-state index is 10.9. The highest BCUT2D eigenvalue weighted by Crippen LogP contribution is 2.28. The summed E-state index contributed by atoms with van der Waals surface area (Å²) in [6, 6.07) is 8.36. The number of hydrogen-bond donors (Lipinski definition) is 1. The van der Waals surface area contributed by atoms with Crippen LogP contribution >= 0.6 is 0 Å². The molecule has 2 rings (SSSR count). The summed E-state index contributed by atoms with van der Waals surface area (Å²) in [6.07, 6.45) is 5.34. The van der Waals surface area contributed by atoms with Gasteiger partial charge in [-0.15, -0.1) is 0 Å². The summed E-state index contributed by atoms with van der Waals surface area (Å²) in [5.74, 6) is 0.470. The van der Waals surface area contributed by atoms with Crippen LogP contribution in [0.4, 0.5) is 0 Å². The minimum absolute atomic E-state index is 0.0436. The zero-order valence-electron chi connectivity index (χ0n) is 8.86. The molecule has 1 aromatic rings. The molecule has 0 fully saturated rings. The van der Waals surface area contributed by atoms with Crippen LogP contribution in [0.2, 0.25) is 0 Å². The number of rotatable bonds is 2. The number of carbonyl (C=O) groups excluding carboxylic acids is 1. The molecule has 0 heterocycles. The van der Waals surface area contributed by atoms with Gasteiger partial charge in [0.1, 0.15) is 0 Å². The molecule has 0 aliphatic heterocycles. The summed E-state index contributed by atoms with van der Waals surface area (Å²) in [6.45, 7) is 2.29. The van der Waals surface area contributed by atoms with Crippen molar-refractivity contribution in [3.05, 3.63) is 41.5 Å². The lowest BCUT2D eigenvalue weighted by molar-refractivity contribution is -0.119. The van der Waals surface area contributed by atoms with Crippen molar-refractivity contribution in [2.24, 2.45) is 0 Å². The van der Waals surface area contributed by atoms with Crippen LogP contribution in [0.15, 0.2) is 30.3 Å². The number of amides is 1. The summed E-state index contributed by atoms with van der Waals surface area (Å²) >= 11 is 0. The van der Waals surface area contributed by atoms with Gasteiger partial charge >= 0.3 is 0 Å². The monoisotopic (exact) mass is 201 g/mol. The highest BCUT2D eigenvalue weighted by molar-refractivity contribution is 5.73. The molecule has 0 spiro atoms. The molecule has 2 nitrogen and oxygen atoms in total. The van der Waals surface area contributed by atoms with E-state index in [-0.39, 0.29) is 5.91 Å². The standard InChI is InChI=1S/C13H15NO/c1-10(15)14-9-12-7-4-6-11-5-2-3-8-13(11)12/h2-6,8,12H,7,9H2,1H3,(H,14,15). The van der Waals surface area contributed by atoms with Gasteiger partial charge in [-0.05, 0) is 17.5 Å². The smallest absolute Gasteiger partial charge is 0.216 e. The van der Waals surface area contributed by atoms with E-state index in [0.717, 1.165) is 13.0 Å². The lowest BCUT2D eigenvalue weighted by Crippen LogP contribution is -2.26. The normalized spacial score (nSPS) is 18.3. The van der Waals surface area contributed by atoms with E-state index in [1.54, 1.807) is 6.92 Å². The lowest BCUT2D eigenvalue weighted by atomic mass is 9.87. The van der Waals surface area contributed by atoms with Crippen molar-refractivity contribution in [3.63, 3.8) is 0 Å². The fraction of sp³-hybridized carbons (Fsp3) is 0.308. The van der Waals surface area contributed by atoms with Crippen LogP contribution in [0.3, 0.4) is 0 Å². The number of fused-ring (bicyclic) bond motifs is 1. The molecule has 1 aromatic carbocycles. The van der Waals surface area contributed by atoms with Crippen molar-refractivity contribution in [1.82, 2.24) is 5.32 Å². The molecule has 1 N–H and O–H groups in total. The van der Waals surface area contributed by atoms with Crippen LogP contribution in [0.5, 0.6) is 0 Å². The first kappa shape index (κ1) is 9.97. The Morgan fingerprint density at radius 2 is 2.27 bits per heavy atom. The van der Waals surface area contributed by atoms with Gasteiger partial charge in [-0.25, -0.2) is 0 Å². The van der Waals surface area contributed by atoms with Crippen molar-refractivity contribution in [1.29, 1.82) is 0 Å². The first-order chi connectivity index (χ1) is 7.27. The molecule has 0 bridgehead atoms. The van der Waals surface area contributed by atoms with E-state index < -0.39 is 0 Å². The van der Waals surface area contributed by atoms with Gasteiger partial charge in [0.2, 0.25) is 5.91 Å². The fourth-order valence-corrected chi connectivity index (χ4v) is 1.98. The zero-order chi connectivity index (χ0) is 10.7. The van der Waals surface area contributed by atoms with Gasteiger partial charge in [0.15, 0.2) is 0 Å². The van der Waals surface area contributed by atoms with Crippen LogP contribution in [0, 0.1) is 0 Å². The number of allylic oxidation sites excluding steroid dienone is 1. The second-order valence-electron chi connectivity index (χ2n) is 3.90. The predicted molar refractivity (Wildman–Crippen MR) is 61.5 cm³/mol. The highest BCUT2D eigenvalue weighted by Gasteiger charge is 2.16. The average molecular weight is 201 g/mol. The summed E-state index contributed by atoms with van der Waals surface area (Å²) in [7, 11) is 0. The Morgan fingerprint density at radius 3 is 3.07 bits per heavy atom. The molecule has 0 aromatic heterocycles. The SMILES string of the molecule is CC(=O)NCC1CC=Cc2ccccc21. The molecule has 78 valence electrons. The predicted octanol–water partition coefficient (Wildman–Crippen LogP) is 2.32. The average Bonchev–Trinajstić information content (AvgIpc) is 2.26. The second kappa shape index (κ2) is 4.30. The minimum atomic E-state index is 0.0436. The number of benzene rings is 1. The molecule has 1 unspecified atom stereocenters. The third kappa shape index (κ3) is 2.27. The summed E-state index contributed by atoms with van der Waals surface area (Å²) < 4.78 is 0. The third-order valence-corrected chi connectivity index (χ3v) is 2.75. The Hall–Kier alpha value is -1.57. The van der Waals surface area contributed by atoms with Crippen molar-refractivity contribution in [3.8, 4) is 0 Å². The first-order valence-electron chi connectivity index (χ1n) is 5.27. The van der Waals surface area contributed by atoms with Gasteiger partial charge in [-0.1, -0.05) is 36.4 Å². The Balaban J connectivity index is 2.15. The van der Waals surface area contributed by atoms with E-state index >= 15 is 0 Å². The Kier molecular flexibility index (Phi) is 2.86. The van der Waals surface area contributed by atoms with E-state index in [1.165, 1.54) is 11.1 Å². The first-order valence-corrected chi connectivity index (χ1v) is 5.27. The van der Waals surface area contributed by atoms with Gasteiger partial charge in [0.25, 0.3) is 0 Å². The molecule has 0 radical (unpaired) electrons. The summed E-state index contributed by atoms with van der Waals surface area (Å²) in [4.78, 5) is 10.9. The quantitative estimate of drug-likeness (QED) is 0.781. The van der Waals surface area contributed by atoms with Crippen LogP contribution in [-0.4, -0.2) is 12.5 Å². The summed E-state index contributed by atoms with van der Waals surface area (Å²) in [5.41, 5.74) is 2.62. The minimum Gasteiger partial charge on any atom is -0.356 e. The van der Waals surface area contributed by atoms with Gasteiger partial charge in [-0.3, -0.25) is 4.79 Å². The topological polar surface area (TPSA) is 29.1 Å². The molecule has 0 saturated heterocycles. The Bertz CT molecular complexity index is 395. The van der Waals surface area contributed by atoms with Crippen LogP contribution in [0.25, 0.3) is 6.08 Å². The largest absolute Gasteiger partial charge is 0.356 e. The molecule has 15 heavy (non-hydrogen) atoms. The molecule has 2 heteroatoms. The van der Waals surface area contributed by atoms with E-state index in [1.807, 2.05) is 6.07 Å². The molecule has 1 atom stereocenters. The van der Waals surface area contributed by atoms with Gasteiger partial charge < -0.3 is 5.32 Å². The van der Waals surface area contributed by atoms with Crippen molar-refractivity contribution in [2.45, 2.75) is 19.3 Å². The van der Waals surface area contributed by atoms with Crippen molar-refractivity contribution < 1.29 is 4.79 Å². The van der Waals surface area contributed by atoms with Crippen LogP contribution < -0.4 is 5.32 Å². The Morgan fingerprint density at radius 1 is 1.47 bits per heavy atom. The maximum absolute atomic E-state index is 10.9. The Labute approximate surface area is 90.0 Å². The van der Waals surface area contributed by atoms with E-state index in [2.05, 4.69) is 35.7 Å². The fourth-order valence-electron chi connectivity index (χ4n) is 1.98. The highest BCUT2D eigenvalue weighted by atomic mass is 16.1. The molecule has 1 aliphatic carbocycles. The van der Waals surface area contributed by atoms with E-state index in [9.17, 15) is 4.79 Å². The van der Waals surface area contributed by atoms with Crippen LogP contribution in [0.1, 0.15) is 30.4 Å². The van der Waals surface area contributed by atoms with Crippen molar-refractivity contribution in [2.75, 3.05) is 6.54 Å². The second-order valence-corrected chi connectivity index (χ2v) is 3.90. The van der Waals surface area contributed by atoms with Gasteiger partial charge in [-0.2, -0.15) is 0 Å².